The summed E-state index contributed by atoms with van der Waals surface area (Å²) in [7, 11) is -3.38. The monoisotopic (exact) mass is 361 g/mol. The molecule has 0 aromatic heterocycles. The lowest BCUT2D eigenvalue weighted by atomic mass is 10.0. The average Bonchev–Trinajstić information content (AvgIpc) is 2.33. The lowest BCUT2D eigenvalue weighted by molar-refractivity contribution is -0.126. The Kier molecular flexibility index (Phi) is 7.47. The first-order valence-corrected chi connectivity index (χ1v) is 9.08. The summed E-state index contributed by atoms with van der Waals surface area (Å²) in [4.78, 5) is 11.9. The predicted octanol–water partition coefficient (Wildman–Crippen LogP) is 0.772. The molecule has 0 spiro atoms. The molecule has 130 valence electrons. The maximum atomic E-state index is 12.1. The van der Waals surface area contributed by atoms with Crippen molar-refractivity contribution in [1.29, 1.82) is 0 Å². The zero-order chi connectivity index (χ0) is 16.2. The van der Waals surface area contributed by atoms with Crippen LogP contribution in [0.15, 0.2) is 24.3 Å². The van der Waals surface area contributed by atoms with Gasteiger partial charge in [0, 0.05) is 25.7 Å². The Morgan fingerprint density at radius 3 is 2.39 bits per heavy atom. The van der Waals surface area contributed by atoms with Gasteiger partial charge in [-0.15, -0.1) is 12.4 Å². The van der Waals surface area contributed by atoms with Crippen LogP contribution in [0.4, 0.5) is 0 Å². The molecular weight excluding hydrogens is 338 g/mol. The number of amides is 1. The van der Waals surface area contributed by atoms with Gasteiger partial charge in [0.15, 0.2) is 0 Å². The van der Waals surface area contributed by atoms with E-state index >= 15 is 0 Å². The number of carbonyl (C=O) groups is 1. The fraction of sp³-hybridized carbons (Fsp3) is 0.533. The molecule has 0 bridgehead atoms. The van der Waals surface area contributed by atoms with Gasteiger partial charge in [0.2, 0.25) is 15.9 Å². The molecule has 0 atom stereocenters. The Hall–Kier alpha value is -1.15. The van der Waals surface area contributed by atoms with Gasteiger partial charge in [0.25, 0.3) is 0 Å². The lowest BCUT2D eigenvalue weighted by Gasteiger charge is -2.26. The molecule has 1 aromatic carbocycles. The van der Waals surface area contributed by atoms with Crippen molar-refractivity contribution < 1.29 is 13.2 Å². The molecule has 0 radical (unpaired) electrons. The summed E-state index contributed by atoms with van der Waals surface area (Å²) in [5.41, 5.74) is 1.54. The average molecular weight is 362 g/mol. The minimum Gasteiger partial charge on any atom is -0.352 e. The number of carbonyl (C=O) groups excluding carboxylic acids is 1. The molecule has 23 heavy (non-hydrogen) atoms. The van der Waals surface area contributed by atoms with Gasteiger partial charge in [-0.3, -0.25) is 4.79 Å². The van der Waals surface area contributed by atoms with Crippen LogP contribution in [-0.4, -0.2) is 33.5 Å². The minimum absolute atomic E-state index is 0. The molecule has 2 rings (SSSR count). The molecule has 8 heteroatoms. The molecule has 6 nitrogen and oxygen atoms in total. The van der Waals surface area contributed by atoms with Crippen molar-refractivity contribution >= 4 is 28.3 Å². The zero-order valence-corrected chi connectivity index (χ0v) is 15.0. The van der Waals surface area contributed by atoms with Gasteiger partial charge in [-0.25, -0.2) is 13.1 Å². The number of sulfonamides is 1. The van der Waals surface area contributed by atoms with E-state index in [1.165, 1.54) is 0 Å². The van der Waals surface area contributed by atoms with Crippen LogP contribution in [-0.2, 0) is 27.1 Å². The summed E-state index contributed by atoms with van der Waals surface area (Å²) in [6, 6.07) is 7.15. The Morgan fingerprint density at radius 1 is 1.26 bits per heavy atom. The molecule has 1 amide bonds. The number of rotatable bonds is 7. The van der Waals surface area contributed by atoms with Crippen molar-refractivity contribution in [3.63, 3.8) is 0 Å². The summed E-state index contributed by atoms with van der Waals surface area (Å²) < 4.78 is 26.7. The van der Waals surface area contributed by atoms with Crippen LogP contribution in [0.3, 0.4) is 0 Å². The van der Waals surface area contributed by atoms with Crippen LogP contribution in [0.25, 0.3) is 0 Å². The molecule has 1 aromatic rings. The topological polar surface area (TPSA) is 87.3 Å². The minimum atomic E-state index is -3.38. The van der Waals surface area contributed by atoms with Crippen LogP contribution >= 0.6 is 12.4 Å². The van der Waals surface area contributed by atoms with E-state index in [2.05, 4.69) is 15.4 Å². The quantitative estimate of drug-likeness (QED) is 0.669. The van der Waals surface area contributed by atoms with Gasteiger partial charge in [-0.05, 0) is 25.0 Å². The van der Waals surface area contributed by atoms with E-state index in [1.54, 1.807) is 26.0 Å². The first kappa shape index (κ1) is 19.9. The van der Waals surface area contributed by atoms with Gasteiger partial charge in [-0.2, -0.15) is 0 Å². The van der Waals surface area contributed by atoms with E-state index in [4.69, 9.17) is 0 Å². The third-order valence-electron chi connectivity index (χ3n) is 3.48. The fourth-order valence-electron chi connectivity index (χ4n) is 2.28. The smallest absolute Gasteiger partial charge is 0.225 e. The number of hydrogen-bond donors (Lipinski definition) is 3. The van der Waals surface area contributed by atoms with Crippen molar-refractivity contribution in [3.05, 3.63) is 35.4 Å². The van der Waals surface area contributed by atoms with Gasteiger partial charge in [0.1, 0.15) is 0 Å². The van der Waals surface area contributed by atoms with Gasteiger partial charge >= 0.3 is 0 Å². The number of nitrogens with one attached hydrogen (secondary N) is 3. The second-order valence-corrected chi connectivity index (χ2v) is 7.63. The van der Waals surface area contributed by atoms with E-state index in [0.717, 1.165) is 5.56 Å². The molecule has 1 aliphatic rings. The number of benzene rings is 1. The number of hydrogen-bond acceptors (Lipinski definition) is 4. The third kappa shape index (κ3) is 6.10. The SMILES string of the molecule is CC(C)NS(=O)(=O)Cc1ccccc1CNC(=O)C1CNC1.Cl. The van der Waals surface area contributed by atoms with Crippen molar-refractivity contribution in [2.45, 2.75) is 32.2 Å². The fourth-order valence-corrected chi connectivity index (χ4v) is 3.77. The molecule has 0 saturated carbocycles. The van der Waals surface area contributed by atoms with Crippen molar-refractivity contribution in [1.82, 2.24) is 15.4 Å². The molecular formula is C15H24ClN3O3S. The molecule has 1 aliphatic heterocycles. The maximum absolute atomic E-state index is 12.1. The second-order valence-electron chi connectivity index (χ2n) is 5.87. The first-order valence-electron chi connectivity index (χ1n) is 7.42. The van der Waals surface area contributed by atoms with E-state index in [9.17, 15) is 13.2 Å². The highest BCUT2D eigenvalue weighted by molar-refractivity contribution is 7.88. The lowest BCUT2D eigenvalue weighted by Crippen LogP contribution is -2.50. The van der Waals surface area contributed by atoms with Crippen LogP contribution in [0.5, 0.6) is 0 Å². The van der Waals surface area contributed by atoms with Crippen LogP contribution in [0.2, 0.25) is 0 Å². The normalized spacial score (nSPS) is 14.9. The number of halogens is 1. The first-order chi connectivity index (χ1) is 10.4. The molecule has 3 N–H and O–H groups in total. The predicted molar refractivity (Wildman–Crippen MR) is 92.8 cm³/mol. The largest absolute Gasteiger partial charge is 0.352 e. The van der Waals surface area contributed by atoms with Crippen LogP contribution < -0.4 is 15.4 Å². The van der Waals surface area contributed by atoms with E-state index < -0.39 is 10.0 Å². The molecule has 1 fully saturated rings. The standard InChI is InChI=1S/C15H23N3O3S.ClH/c1-11(2)18-22(20,21)10-13-6-4-3-5-12(13)9-17-15(19)14-7-16-8-14;/h3-6,11,14,16,18H,7-10H2,1-2H3,(H,17,19);1H. The second kappa shape index (κ2) is 8.63. The molecule has 1 heterocycles. The molecule has 0 aliphatic carbocycles. The molecule has 1 saturated heterocycles. The zero-order valence-electron chi connectivity index (χ0n) is 13.3. The van der Waals surface area contributed by atoms with Gasteiger partial charge in [0.05, 0.1) is 11.7 Å². The summed E-state index contributed by atoms with van der Waals surface area (Å²) in [6.07, 6.45) is 0. The highest BCUT2D eigenvalue weighted by Gasteiger charge is 2.24. The Balaban J connectivity index is 0.00000264. The summed E-state index contributed by atoms with van der Waals surface area (Å²) in [5.74, 6) is -0.0439. The van der Waals surface area contributed by atoms with E-state index in [-0.39, 0.29) is 36.0 Å². The summed E-state index contributed by atoms with van der Waals surface area (Å²) in [5, 5.41) is 5.93. The van der Waals surface area contributed by atoms with Crippen LogP contribution in [0, 0.1) is 5.92 Å². The van der Waals surface area contributed by atoms with E-state index in [0.29, 0.717) is 25.2 Å². The van der Waals surface area contributed by atoms with Crippen LogP contribution in [0.1, 0.15) is 25.0 Å². The van der Waals surface area contributed by atoms with Crippen molar-refractivity contribution in [2.75, 3.05) is 13.1 Å². The summed E-state index contributed by atoms with van der Waals surface area (Å²) in [6.45, 7) is 5.34. The Labute approximate surface area is 143 Å². The van der Waals surface area contributed by atoms with Crippen molar-refractivity contribution in [2.24, 2.45) is 5.92 Å². The van der Waals surface area contributed by atoms with Crippen molar-refractivity contribution in [3.8, 4) is 0 Å². The maximum Gasteiger partial charge on any atom is 0.225 e. The van der Waals surface area contributed by atoms with Gasteiger partial charge < -0.3 is 10.6 Å². The van der Waals surface area contributed by atoms with Gasteiger partial charge in [-0.1, -0.05) is 24.3 Å². The summed E-state index contributed by atoms with van der Waals surface area (Å²) >= 11 is 0. The Bertz CT molecular complexity index is 631. The van der Waals surface area contributed by atoms with E-state index in [1.807, 2.05) is 12.1 Å². The highest BCUT2D eigenvalue weighted by Crippen LogP contribution is 2.13. The molecule has 0 unspecified atom stereocenters. The third-order valence-corrected chi connectivity index (χ3v) is 5.01. The Morgan fingerprint density at radius 2 is 1.87 bits per heavy atom. The highest BCUT2D eigenvalue weighted by atomic mass is 35.5.